The lowest BCUT2D eigenvalue weighted by atomic mass is 10.2. The normalized spacial score (nSPS) is 10.7. The van der Waals surface area contributed by atoms with Gasteiger partial charge < -0.3 is 10.4 Å². The molecule has 2 N–H and O–H groups in total. The van der Waals surface area contributed by atoms with Gasteiger partial charge in [-0.25, -0.2) is 8.78 Å². The summed E-state index contributed by atoms with van der Waals surface area (Å²) in [5.74, 6) is -2.96. The lowest BCUT2D eigenvalue weighted by Crippen LogP contribution is -2.02. The van der Waals surface area contributed by atoms with Gasteiger partial charge in [-0.2, -0.15) is 0 Å². The first kappa shape index (κ1) is 17.6. The van der Waals surface area contributed by atoms with Gasteiger partial charge in [0, 0.05) is 39.2 Å². The summed E-state index contributed by atoms with van der Waals surface area (Å²) in [5.41, 5.74) is 1.25. The van der Waals surface area contributed by atoms with Crippen LogP contribution in [0.5, 0.6) is 5.75 Å². The molecule has 0 fully saturated rings. The number of anilines is 1. The van der Waals surface area contributed by atoms with E-state index in [9.17, 15) is 8.78 Å². The Labute approximate surface area is 153 Å². The number of aromatic hydroxyl groups is 1. The van der Waals surface area contributed by atoms with Crippen molar-refractivity contribution in [2.24, 2.45) is 0 Å². The fourth-order valence-electron chi connectivity index (χ4n) is 2.24. The molecule has 0 saturated carbocycles. The van der Waals surface area contributed by atoms with Crippen LogP contribution in [0.2, 0.25) is 5.02 Å². The maximum Gasteiger partial charge on any atom is 0.187 e. The lowest BCUT2D eigenvalue weighted by Gasteiger charge is -2.12. The molecule has 6 heteroatoms. The topological polar surface area (TPSA) is 32.3 Å². The number of phenols is 1. The Balaban J connectivity index is 1.76. The van der Waals surface area contributed by atoms with E-state index in [2.05, 4.69) is 5.32 Å². The van der Waals surface area contributed by atoms with Gasteiger partial charge in [-0.05, 0) is 35.9 Å². The van der Waals surface area contributed by atoms with Crippen LogP contribution in [0.25, 0.3) is 0 Å². The number of hydrogen-bond acceptors (Lipinski definition) is 3. The summed E-state index contributed by atoms with van der Waals surface area (Å²) >= 11 is 7.48. The molecule has 3 rings (SSSR count). The standard InChI is InChI=1S/C19H14ClF2NOS/c20-13-5-7-15(8-6-13)25-18-4-2-1-3-12(18)11-23-14-9-16(21)19(24)17(22)10-14/h1-10,23-24H,11H2. The van der Waals surface area contributed by atoms with E-state index in [0.717, 1.165) is 27.5 Å². The number of nitrogens with one attached hydrogen (secondary N) is 1. The second-order valence-electron chi connectivity index (χ2n) is 5.31. The summed E-state index contributed by atoms with van der Waals surface area (Å²) in [6.45, 7) is 0.389. The van der Waals surface area contributed by atoms with Crippen LogP contribution in [0.4, 0.5) is 14.5 Å². The molecule has 0 spiro atoms. The zero-order chi connectivity index (χ0) is 17.8. The van der Waals surface area contributed by atoms with Crippen LogP contribution in [0.1, 0.15) is 5.56 Å². The Morgan fingerprint density at radius 1 is 0.960 bits per heavy atom. The van der Waals surface area contributed by atoms with Crippen LogP contribution in [0, 0.1) is 11.6 Å². The van der Waals surface area contributed by atoms with Crippen molar-refractivity contribution in [1.29, 1.82) is 0 Å². The first-order valence-corrected chi connectivity index (χ1v) is 8.65. The molecule has 0 aromatic heterocycles. The van der Waals surface area contributed by atoms with Crippen molar-refractivity contribution in [2.75, 3.05) is 5.32 Å². The largest absolute Gasteiger partial charge is 0.503 e. The summed E-state index contributed by atoms with van der Waals surface area (Å²) < 4.78 is 26.8. The fraction of sp³-hybridized carbons (Fsp3) is 0.0526. The molecule has 0 aliphatic rings. The summed E-state index contributed by atoms with van der Waals surface area (Å²) in [7, 11) is 0. The van der Waals surface area contributed by atoms with Crippen molar-refractivity contribution >= 4 is 29.1 Å². The third kappa shape index (κ3) is 4.44. The van der Waals surface area contributed by atoms with E-state index >= 15 is 0 Å². The molecule has 0 bridgehead atoms. The van der Waals surface area contributed by atoms with Crippen molar-refractivity contribution in [3.8, 4) is 5.75 Å². The second-order valence-corrected chi connectivity index (χ2v) is 6.86. The number of rotatable bonds is 5. The lowest BCUT2D eigenvalue weighted by molar-refractivity contribution is 0.396. The first-order valence-electron chi connectivity index (χ1n) is 7.46. The minimum atomic E-state index is -0.994. The Kier molecular flexibility index (Phi) is 5.46. The number of benzene rings is 3. The van der Waals surface area contributed by atoms with Crippen molar-refractivity contribution in [3.63, 3.8) is 0 Å². The van der Waals surface area contributed by atoms with Crippen LogP contribution in [-0.2, 0) is 6.54 Å². The average molecular weight is 378 g/mol. The van der Waals surface area contributed by atoms with Crippen LogP contribution in [-0.4, -0.2) is 5.11 Å². The highest BCUT2D eigenvalue weighted by Crippen LogP contribution is 2.32. The molecule has 3 aromatic rings. The quantitative estimate of drug-likeness (QED) is 0.528. The molecular formula is C19H14ClF2NOS. The van der Waals surface area contributed by atoms with Crippen LogP contribution < -0.4 is 5.32 Å². The van der Waals surface area contributed by atoms with E-state index in [0.29, 0.717) is 11.6 Å². The zero-order valence-electron chi connectivity index (χ0n) is 13.0. The zero-order valence-corrected chi connectivity index (χ0v) is 14.5. The Morgan fingerprint density at radius 3 is 2.28 bits per heavy atom. The number of halogens is 3. The SMILES string of the molecule is Oc1c(F)cc(NCc2ccccc2Sc2ccc(Cl)cc2)cc1F. The summed E-state index contributed by atoms with van der Waals surface area (Å²) in [5, 5.41) is 12.8. The van der Waals surface area contributed by atoms with Gasteiger partial charge in [-0.3, -0.25) is 0 Å². The van der Waals surface area contributed by atoms with Crippen molar-refractivity contribution in [3.05, 3.63) is 82.9 Å². The second kappa shape index (κ2) is 7.76. The van der Waals surface area contributed by atoms with Gasteiger partial charge in [0.2, 0.25) is 0 Å². The minimum absolute atomic E-state index is 0.263. The molecule has 0 saturated heterocycles. The van der Waals surface area contributed by atoms with Gasteiger partial charge in [-0.15, -0.1) is 0 Å². The molecule has 3 aromatic carbocycles. The highest BCUT2D eigenvalue weighted by Gasteiger charge is 2.10. The van der Waals surface area contributed by atoms with Gasteiger partial charge in [0.15, 0.2) is 17.4 Å². The number of phenolic OH excluding ortho intramolecular Hbond substituents is 1. The molecule has 0 radical (unpaired) electrons. The highest BCUT2D eigenvalue weighted by molar-refractivity contribution is 7.99. The van der Waals surface area contributed by atoms with E-state index in [1.807, 2.05) is 48.5 Å². The fourth-order valence-corrected chi connectivity index (χ4v) is 3.31. The predicted molar refractivity (Wildman–Crippen MR) is 97.4 cm³/mol. The van der Waals surface area contributed by atoms with Crippen molar-refractivity contribution < 1.29 is 13.9 Å². The third-order valence-electron chi connectivity index (χ3n) is 3.51. The van der Waals surface area contributed by atoms with Gasteiger partial charge in [0.05, 0.1) is 0 Å². The molecule has 0 atom stereocenters. The first-order chi connectivity index (χ1) is 12.0. The third-order valence-corrected chi connectivity index (χ3v) is 4.89. The van der Waals surface area contributed by atoms with Gasteiger partial charge in [0.25, 0.3) is 0 Å². The van der Waals surface area contributed by atoms with Crippen molar-refractivity contribution in [1.82, 2.24) is 0 Å². The van der Waals surface area contributed by atoms with E-state index in [1.165, 1.54) is 0 Å². The molecule has 0 aliphatic heterocycles. The van der Waals surface area contributed by atoms with E-state index in [1.54, 1.807) is 11.8 Å². The molecule has 0 heterocycles. The summed E-state index contributed by atoms with van der Waals surface area (Å²) in [6.07, 6.45) is 0. The van der Waals surface area contributed by atoms with Gasteiger partial charge >= 0.3 is 0 Å². The van der Waals surface area contributed by atoms with E-state index < -0.39 is 17.4 Å². The van der Waals surface area contributed by atoms with Gasteiger partial charge in [0.1, 0.15) is 0 Å². The monoisotopic (exact) mass is 377 g/mol. The molecule has 2 nitrogen and oxygen atoms in total. The highest BCUT2D eigenvalue weighted by atomic mass is 35.5. The molecular weight excluding hydrogens is 364 g/mol. The van der Waals surface area contributed by atoms with Crippen LogP contribution in [0.3, 0.4) is 0 Å². The molecule has 25 heavy (non-hydrogen) atoms. The van der Waals surface area contributed by atoms with E-state index in [-0.39, 0.29) is 5.69 Å². The number of hydrogen-bond donors (Lipinski definition) is 2. The van der Waals surface area contributed by atoms with Crippen LogP contribution in [0.15, 0.2) is 70.5 Å². The molecule has 0 aliphatic carbocycles. The molecule has 128 valence electrons. The molecule has 0 unspecified atom stereocenters. The smallest absolute Gasteiger partial charge is 0.187 e. The summed E-state index contributed by atoms with van der Waals surface area (Å²) in [6, 6.07) is 17.4. The average Bonchev–Trinajstić information content (AvgIpc) is 2.61. The Hall–Kier alpha value is -2.24. The summed E-state index contributed by atoms with van der Waals surface area (Å²) in [4.78, 5) is 2.07. The van der Waals surface area contributed by atoms with Gasteiger partial charge in [-0.1, -0.05) is 41.6 Å². The minimum Gasteiger partial charge on any atom is -0.503 e. The molecule has 0 amide bonds. The maximum atomic E-state index is 13.4. The van der Waals surface area contributed by atoms with E-state index in [4.69, 9.17) is 16.7 Å². The van der Waals surface area contributed by atoms with Crippen LogP contribution >= 0.6 is 23.4 Å². The Morgan fingerprint density at radius 2 is 1.60 bits per heavy atom. The maximum absolute atomic E-state index is 13.4. The van der Waals surface area contributed by atoms with Crippen molar-refractivity contribution in [2.45, 2.75) is 16.3 Å². The predicted octanol–water partition coefficient (Wildman–Crippen LogP) is 6.09. The Bertz CT molecular complexity index is 864.